The van der Waals surface area contributed by atoms with Crippen molar-refractivity contribution < 1.29 is 14.3 Å². The lowest BCUT2D eigenvalue weighted by atomic mass is 9.95. The summed E-state index contributed by atoms with van der Waals surface area (Å²) in [6.07, 6.45) is 7.72. The van der Waals surface area contributed by atoms with E-state index in [1.165, 1.54) is 0 Å². The van der Waals surface area contributed by atoms with Gasteiger partial charge in [-0.25, -0.2) is 4.98 Å². The van der Waals surface area contributed by atoms with E-state index in [-0.39, 0.29) is 12.0 Å². The van der Waals surface area contributed by atoms with Crippen molar-refractivity contribution in [1.29, 1.82) is 0 Å². The van der Waals surface area contributed by atoms with Gasteiger partial charge in [-0.1, -0.05) is 0 Å². The SMILES string of the molecule is COCCN1CCC(CN(CC2CCCO2)C(=O)c2cnc(C)cn2)CC1. The Morgan fingerprint density at radius 2 is 2.07 bits per heavy atom. The minimum absolute atomic E-state index is 0.0280. The second-order valence-electron chi connectivity index (χ2n) is 7.67. The average molecular weight is 377 g/mol. The van der Waals surface area contributed by atoms with Gasteiger partial charge in [0.2, 0.25) is 0 Å². The molecule has 1 amide bonds. The lowest BCUT2D eigenvalue weighted by Gasteiger charge is -2.35. The average Bonchev–Trinajstić information content (AvgIpc) is 3.20. The Hall–Kier alpha value is -1.57. The summed E-state index contributed by atoms with van der Waals surface area (Å²) < 4.78 is 11.0. The number of likely N-dealkylation sites (tertiary alicyclic amines) is 1. The molecule has 0 bridgehead atoms. The smallest absolute Gasteiger partial charge is 0.274 e. The molecule has 27 heavy (non-hydrogen) atoms. The molecular weight excluding hydrogens is 344 g/mol. The third-order valence-corrected chi connectivity index (χ3v) is 5.53. The number of aromatic nitrogens is 2. The Labute approximate surface area is 162 Å². The van der Waals surface area contributed by atoms with Gasteiger partial charge in [0.05, 0.1) is 24.6 Å². The summed E-state index contributed by atoms with van der Waals surface area (Å²) in [4.78, 5) is 26.0. The monoisotopic (exact) mass is 376 g/mol. The van der Waals surface area contributed by atoms with Crippen molar-refractivity contribution in [3.63, 3.8) is 0 Å². The summed E-state index contributed by atoms with van der Waals surface area (Å²) in [6.45, 7) is 8.00. The van der Waals surface area contributed by atoms with Crippen LogP contribution in [0.5, 0.6) is 0 Å². The zero-order chi connectivity index (χ0) is 19.1. The molecule has 1 aromatic heterocycles. The van der Waals surface area contributed by atoms with Gasteiger partial charge >= 0.3 is 0 Å². The highest BCUT2D eigenvalue weighted by molar-refractivity contribution is 5.92. The minimum Gasteiger partial charge on any atom is -0.383 e. The Kier molecular flexibility index (Phi) is 7.55. The number of hydrogen-bond acceptors (Lipinski definition) is 6. The molecule has 2 aliphatic rings. The van der Waals surface area contributed by atoms with E-state index in [0.29, 0.717) is 18.2 Å². The lowest BCUT2D eigenvalue weighted by Crippen LogP contribution is -2.44. The van der Waals surface area contributed by atoms with E-state index in [1.54, 1.807) is 19.5 Å². The van der Waals surface area contributed by atoms with Crippen LogP contribution in [0.25, 0.3) is 0 Å². The predicted molar refractivity (Wildman–Crippen MR) is 103 cm³/mol. The summed E-state index contributed by atoms with van der Waals surface area (Å²) in [5, 5.41) is 0. The largest absolute Gasteiger partial charge is 0.383 e. The van der Waals surface area contributed by atoms with Crippen molar-refractivity contribution in [1.82, 2.24) is 19.8 Å². The second kappa shape index (κ2) is 10.1. The Morgan fingerprint density at radius 3 is 2.70 bits per heavy atom. The van der Waals surface area contributed by atoms with Crippen LogP contribution in [0.2, 0.25) is 0 Å². The van der Waals surface area contributed by atoms with Gasteiger partial charge in [-0.05, 0) is 51.6 Å². The number of hydrogen-bond donors (Lipinski definition) is 0. The summed E-state index contributed by atoms with van der Waals surface area (Å²) in [7, 11) is 1.75. The first-order valence-electron chi connectivity index (χ1n) is 10.1. The fourth-order valence-corrected chi connectivity index (χ4v) is 3.86. The topological polar surface area (TPSA) is 67.8 Å². The lowest BCUT2D eigenvalue weighted by molar-refractivity contribution is 0.0432. The Morgan fingerprint density at radius 1 is 1.26 bits per heavy atom. The maximum atomic E-state index is 13.1. The molecule has 1 atom stereocenters. The molecule has 3 heterocycles. The van der Waals surface area contributed by atoms with Gasteiger partial charge in [0.1, 0.15) is 5.69 Å². The summed E-state index contributed by atoms with van der Waals surface area (Å²) >= 11 is 0. The van der Waals surface area contributed by atoms with Gasteiger partial charge in [-0.3, -0.25) is 9.78 Å². The molecule has 150 valence electrons. The number of carbonyl (C=O) groups excluding carboxylic acids is 1. The number of methoxy groups -OCH3 is 1. The van der Waals surface area contributed by atoms with Crippen molar-refractivity contribution in [3.05, 3.63) is 23.8 Å². The fourth-order valence-electron chi connectivity index (χ4n) is 3.86. The first kappa shape index (κ1) is 20.2. The van der Waals surface area contributed by atoms with Crippen LogP contribution in [0, 0.1) is 12.8 Å². The highest BCUT2D eigenvalue weighted by Crippen LogP contribution is 2.21. The number of aryl methyl sites for hydroxylation is 1. The third kappa shape index (κ3) is 5.96. The van der Waals surface area contributed by atoms with E-state index < -0.39 is 0 Å². The maximum absolute atomic E-state index is 13.1. The zero-order valence-corrected chi connectivity index (χ0v) is 16.6. The molecule has 0 radical (unpaired) electrons. The van der Waals surface area contributed by atoms with Gasteiger partial charge in [-0.2, -0.15) is 0 Å². The van der Waals surface area contributed by atoms with Crippen LogP contribution in [0.4, 0.5) is 0 Å². The van der Waals surface area contributed by atoms with Crippen LogP contribution in [0.15, 0.2) is 12.4 Å². The molecule has 2 aliphatic heterocycles. The van der Waals surface area contributed by atoms with E-state index in [9.17, 15) is 4.79 Å². The quantitative estimate of drug-likeness (QED) is 0.689. The number of rotatable bonds is 8. The molecule has 0 saturated carbocycles. The molecule has 7 heteroatoms. The Bertz CT molecular complexity index is 581. The first-order valence-corrected chi connectivity index (χ1v) is 10.1. The molecule has 0 spiro atoms. The molecule has 1 unspecified atom stereocenters. The number of piperidine rings is 1. The van der Waals surface area contributed by atoms with Gasteiger partial charge < -0.3 is 19.3 Å². The van der Waals surface area contributed by atoms with Gasteiger partial charge in [0.15, 0.2) is 0 Å². The molecule has 2 fully saturated rings. The summed E-state index contributed by atoms with van der Waals surface area (Å²) in [5.74, 6) is 0.493. The molecule has 3 rings (SSSR count). The molecule has 0 aromatic carbocycles. The predicted octanol–water partition coefficient (Wildman–Crippen LogP) is 1.76. The van der Waals surface area contributed by atoms with Crippen molar-refractivity contribution in [2.24, 2.45) is 5.92 Å². The Balaban J connectivity index is 1.60. The molecule has 2 saturated heterocycles. The van der Waals surface area contributed by atoms with E-state index in [2.05, 4.69) is 14.9 Å². The number of amides is 1. The first-order chi connectivity index (χ1) is 13.2. The second-order valence-corrected chi connectivity index (χ2v) is 7.67. The van der Waals surface area contributed by atoms with E-state index in [0.717, 1.165) is 70.8 Å². The summed E-state index contributed by atoms with van der Waals surface area (Å²) in [5.41, 5.74) is 1.25. The van der Waals surface area contributed by atoms with Gasteiger partial charge in [0, 0.05) is 39.5 Å². The normalized spacial score (nSPS) is 21.5. The van der Waals surface area contributed by atoms with Crippen LogP contribution in [0.3, 0.4) is 0 Å². The van der Waals surface area contributed by atoms with Crippen LogP contribution in [-0.2, 0) is 9.47 Å². The zero-order valence-electron chi connectivity index (χ0n) is 16.6. The maximum Gasteiger partial charge on any atom is 0.274 e. The molecule has 1 aromatic rings. The third-order valence-electron chi connectivity index (χ3n) is 5.53. The highest BCUT2D eigenvalue weighted by Gasteiger charge is 2.28. The van der Waals surface area contributed by atoms with Gasteiger partial charge in [0.25, 0.3) is 5.91 Å². The fraction of sp³-hybridized carbons (Fsp3) is 0.750. The number of carbonyl (C=O) groups is 1. The van der Waals surface area contributed by atoms with Crippen molar-refractivity contribution >= 4 is 5.91 Å². The van der Waals surface area contributed by atoms with Crippen LogP contribution < -0.4 is 0 Å². The minimum atomic E-state index is -0.0280. The summed E-state index contributed by atoms with van der Waals surface area (Å²) in [6, 6.07) is 0. The van der Waals surface area contributed by atoms with Crippen LogP contribution in [0.1, 0.15) is 41.9 Å². The van der Waals surface area contributed by atoms with Crippen molar-refractivity contribution in [2.75, 3.05) is 53.0 Å². The van der Waals surface area contributed by atoms with E-state index >= 15 is 0 Å². The highest BCUT2D eigenvalue weighted by atomic mass is 16.5. The van der Waals surface area contributed by atoms with Crippen LogP contribution in [-0.4, -0.2) is 84.8 Å². The van der Waals surface area contributed by atoms with Gasteiger partial charge in [-0.15, -0.1) is 0 Å². The number of ether oxygens (including phenoxy) is 2. The van der Waals surface area contributed by atoms with Crippen LogP contribution >= 0.6 is 0 Å². The van der Waals surface area contributed by atoms with Crippen molar-refractivity contribution in [3.8, 4) is 0 Å². The molecule has 7 nitrogen and oxygen atoms in total. The standard InChI is InChI=1S/C20H32N4O3/c1-16-12-22-19(13-21-16)20(25)24(15-18-4-3-10-27-18)14-17-5-7-23(8-6-17)9-11-26-2/h12-13,17-18H,3-11,14-15H2,1-2H3. The molecule has 0 N–H and O–H groups in total. The molecular formula is C20H32N4O3. The van der Waals surface area contributed by atoms with E-state index in [4.69, 9.17) is 9.47 Å². The number of nitrogens with zero attached hydrogens (tertiary/aromatic N) is 4. The van der Waals surface area contributed by atoms with Crippen molar-refractivity contribution in [2.45, 2.75) is 38.7 Å². The van der Waals surface area contributed by atoms with E-state index in [1.807, 2.05) is 11.8 Å². The molecule has 0 aliphatic carbocycles.